The molecule has 1 aromatic carbocycles. The van der Waals surface area contributed by atoms with E-state index >= 15 is 0 Å². The zero-order valence-electron chi connectivity index (χ0n) is 11.2. The van der Waals surface area contributed by atoms with Crippen molar-refractivity contribution in [3.8, 4) is 0 Å². The minimum Gasteiger partial charge on any atom is -0.369 e. The van der Waals surface area contributed by atoms with Crippen LogP contribution in [0.25, 0.3) is 0 Å². The van der Waals surface area contributed by atoms with Crippen molar-refractivity contribution in [3.05, 3.63) is 23.8 Å². The second-order valence-electron chi connectivity index (χ2n) is 5.02. The van der Waals surface area contributed by atoms with Gasteiger partial charge in [0.05, 0.1) is 11.7 Å². The van der Waals surface area contributed by atoms with E-state index in [9.17, 15) is 0 Å². The summed E-state index contributed by atoms with van der Waals surface area (Å²) in [5.74, 6) is 1.78. The van der Waals surface area contributed by atoms with Crippen molar-refractivity contribution in [2.45, 2.75) is 30.7 Å². The molecule has 1 unspecified atom stereocenters. The zero-order valence-corrected chi connectivity index (χ0v) is 12.0. The highest BCUT2D eigenvalue weighted by atomic mass is 32.2. The van der Waals surface area contributed by atoms with Gasteiger partial charge in [0.1, 0.15) is 0 Å². The molecule has 2 rings (SSSR count). The summed E-state index contributed by atoms with van der Waals surface area (Å²) in [6.07, 6.45) is 0. The van der Waals surface area contributed by atoms with E-state index in [4.69, 9.17) is 0 Å². The summed E-state index contributed by atoms with van der Waals surface area (Å²) in [5.41, 5.74) is 2.82. The van der Waals surface area contributed by atoms with Crippen LogP contribution in [0, 0.1) is 0 Å². The Balaban J connectivity index is 2.26. The van der Waals surface area contributed by atoms with Crippen molar-refractivity contribution < 1.29 is 0 Å². The molecule has 0 fully saturated rings. The molecule has 0 aliphatic carbocycles. The van der Waals surface area contributed by atoms with E-state index < -0.39 is 0 Å². The third kappa shape index (κ3) is 2.61. The van der Waals surface area contributed by atoms with Gasteiger partial charge in [0.25, 0.3) is 0 Å². The number of benzene rings is 1. The van der Waals surface area contributed by atoms with Crippen LogP contribution in [0.4, 0.5) is 5.69 Å². The number of thioether (sulfide) groups is 1. The summed E-state index contributed by atoms with van der Waals surface area (Å²) < 4.78 is 0. The van der Waals surface area contributed by atoms with Crippen molar-refractivity contribution in [2.24, 2.45) is 0 Å². The number of likely N-dealkylation sites (N-methyl/N-ethyl adjacent to an activating group) is 2. The van der Waals surface area contributed by atoms with Crippen LogP contribution in [-0.2, 0) is 0 Å². The molecule has 1 aliphatic heterocycles. The number of hydrogen-bond acceptors (Lipinski definition) is 3. The summed E-state index contributed by atoms with van der Waals surface area (Å²) in [6, 6.07) is 7.50. The Morgan fingerprint density at radius 1 is 1.47 bits per heavy atom. The first kappa shape index (κ1) is 12.8. The first-order valence-electron chi connectivity index (χ1n) is 6.27. The van der Waals surface area contributed by atoms with E-state index in [0.717, 1.165) is 6.54 Å². The monoisotopic (exact) mass is 250 g/mol. The van der Waals surface area contributed by atoms with Crippen molar-refractivity contribution in [3.63, 3.8) is 0 Å². The standard InChI is InChI=1S/C14H22N2S/c1-10(2)11-5-6-13-14(7-11)17-9-12(8-15-3)16(13)4/h5-7,10,12,15H,8-9H2,1-4H3. The topological polar surface area (TPSA) is 15.3 Å². The molecule has 0 saturated carbocycles. The molecule has 2 nitrogen and oxygen atoms in total. The highest BCUT2D eigenvalue weighted by molar-refractivity contribution is 7.99. The van der Waals surface area contributed by atoms with E-state index in [1.807, 2.05) is 18.8 Å². The number of anilines is 1. The van der Waals surface area contributed by atoms with Gasteiger partial charge in [0.15, 0.2) is 0 Å². The Morgan fingerprint density at radius 2 is 2.24 bits per heavy atom. The van der Waals surface area contributed by atoms with E-state index in [0.29, 0.717) is 12.0 Å². The summed E-state index contributed by atoms with van der Waals surface area (Å²) in [5, 5.41) is 3.27. The number of rotatable bonds is 3. The second kappa shape index (κ2) is 5.32. The summed E-state index contributed by atoms with van der Waals surface area (Å²) in [4.78, 5) is 3.85. The van der Waals surface area contributed by atoms with Crippen LogP contribution in [0.2, 0.25) is 0 Å². The number of hydrogen-bond donors (Lipinski definition) is 1. The molecule has 0 aromatic heterocycles. The summed E-state index contributed by atoms with van der Waals surface area (Å²) in [6.45, 7) is 5.56. The molecule has 0 spiro atoms. The molecule has 3 heteroatoms. The molecular weight excluding hydrogens is 228 g/mol. The minimum absolute atomic E-state index is 0.599. The molecule has 1 aromatic rings. The Hall–Kier alpha value is -0.670. The predicted octanol–water partition coefficient (Wildman–Crippen LogP) is 2.94. The summed E-state index contributed by atoms with van der Waals surface area (Å²) in [7, 11) is 4.23. The van der Waals surface area contributed by atoms with Gasteiger partial charge < -0.3 is 10.2 Å². The molecule has 1 N–H and O–H groups in total. The van der Waals surface area contributed by atoms with Crippen LogP contribution in [0.5, 0.6) is 0 Å². The van der Waals surface area contributed by atoms with Crippen LogP contribution in [0.1, 0.15) is 25.3 Å². The smallest absolute Gasteiger partial charge is 0.0505 e. The molecule has 1 atom stereocenters. The third-order valence-corrected chi connectivity index (χ3v) is 4.64. The molecule has 1 aliphatic rings. The van der Waals surface area contributed by atoms with Crippen molar-refractivity contribution >= 4 is 17.4 Å². The highest BCUT2D eigenvalue weighted by Gasteiger charge is 2.23. The van der Waals surface area contributed by atoms with E-state index in [1.165, 1.54) is 21.9 Å². The molecular formula is C14H22N2S. The average molecular weight is 250 g/mol. The van der Waals surface area contributed by atoms with Gasteiger partial charge in [-0.3, -0.25) is 0 Å². The van der Waals surface area contributed by atoms with Gasteiger partial charge >= 0.3 is 0 Å². The molecule has 0 bridgehead atoms. The Kier molecular flexibility index (Phi) is 4.00. The first-order chi connectivity index (χ1) is 8.13. The van der Waals surface area contributed by atoms with Crippen LogP contribution in [0.15, 0.2) is 23.1 Å². The molecule has 0 saturated heterocycles. The quantitative estimate of drug-likeness (QED) is 0.888. The molecule has 0 amide bonds. The van der Waals surface area contributed by atoms with Crippen LogP contribution in [-0.4, -0.2) is 32.4 Å². The van der Waals surface area contributed by atoms with Crippen molar-refractivity contribution in [1.29, 1.82) is 0 Å². The SMILES string of the molecule is CNCC1CSc2cc(C(C)C)ccc2N1C. The average Bonchev–Trinajstić information content (AvgIpc) is 2.32. The van der Waals surface area contributed by atoms with Gasteiger partial charge in [-0.05, 0) is 30.7 Å². The van der Waals surface area contributed by atoms with Gasteiger partial charge in [-0.1, -0.05) is 19.9 Å². The lowest BCUT2D eigenvalue weighted by atomic mass is 10.0. The Morgan fingerprint density at radius 3 is 2.88 bits per heavy atom. The molecule has 0 radical (unpaired) electrons. The van der Waals surface area contributed by atoms with E-state index in [-0.39, 0.29) is 0 Å². The van der Waals surface area contributed by atoms with Crippen molar-refractivity contribution in [2.75, 3.05) is 31.3 Å². The molecule has 94 valence electrons. The number of fused-ring (bicyclic) bond motifs is 1. The van der Waals surface area contributed by atoms with Gasteiger partial charge in [-0.2, -0.15) is 0 Å². The lowest BCUT2D eigenvalue weighted by Gasteiger charge is -2.35. The fraction of sp³-hybridized carbons (Fsp3) is 0.571. The van der Waals surface area contributed by atoms with Crippen LogP contribution in [0.3, 0.4) is 0 Å². The fourth-order valence-corrected chi connectivity index (χ4v) is 3.52. The second-order valence-corrected chi connectivity index (χ2v) is 6.08. The largest absolute Gasteiger partial charge is 0.369 e. The van der Waals surface area contributed by atoms with Gasteiger partial charge in [-0.25, -0.2) is 0 Å². The Bertz CT molecular complexity index is 390. The van der Waals surface area contributed by atoms with Gasteiger partial charge in [-0.15, -0.1) is 11.8 Å². The number of nitrogens with zero attached hydrogens (tertiary/aromatic N) is 1. The summed E-state index contributed by atoms with van der Waals surface area (Å²) >= 11 is 1.99. The third-order valence-electron chi connectivity index (χ3n) is 3.45. The van der Waals surface area contributed by atoms with Gasteiger partial charge in [0, 0.05) is 24.2 Å². The first-order valence-corrected chi connectivity index (χ1v) is 7.26. The lowest BCUT2D eigenvalue weighted by molar-refractivity contribution is 0.629. The lowest BCUT2D eigenvalue weighted by Crippen LogP contribution is -2.43. The number of nitrogens with one attached hydrogen (secondary N) is 1. The van der Waals surface area contributed by atoms with E-state index in [1.54, 1.807) is 0 Å². The van der Waals surface area contributed by atoms with Gasteiger partial charge in [0.2, 0.25) is 0 Å². The molecule has 17 heavy (non-hydrogen) atoms. The maximum atomic E-state index is 3.27. The maximum Gasteiger partial charge on any atom is 0.0505 e. The maximum absolute atomic E-state index is 3.27. The Labute approximate surface area is 109 Å². The fourth-order valence-electron chi connectivity index (χ4n) is 2.22. The predicted molar refractivity (Wildman–Crippen MR) is 77.4 cm³/mol. The minimum atomic E-state index is 0.599. The van der Waals surface area contributed by atoms with E-state index in [2.05, 4.69) is 49.3 Å². The zero-order chi connectivity index (χ0) is 12.4. The van der Waals surface area contributed by atoms with Crippen LogP contribution >= 0.6 is 11.8 Å². The van der Waals surface area contributed by atoms with Crippen molar-refractivity contribution in [1.82, 2.24) is 5.32 Å². The van der Waals surface area contributed by atoms with Crippen LogP contribution < -0.4 is 10.2 Å². The highest BCUT2D eigenvalue weighted by Crippen LogP contribution is 2.38. The molecule has 1 heterocycles. The normalized spacial score (nSPS) is 19.6.